The fraction of sp³-hybridized carbons (Fsp3) is 0.348. The molecule has 2 amide bonds. The predicted octanol–water partition coefficient (Wildman–Crippen LogP) is 5.16. The summed E-state index contributed by atoms with van der Waals surface area (Å²) in [6.07, 6.45) is 2.94. The number of nitrogens with one attached hydrogen (secondary N) is 2. The van der Waals surface area contributed by atoms with Crippen LogP contribution < -0.4 is 10.7 Å². The summed E-state index contributed by atoms with van der Waals surface area (Å²) in [5, 5.41) is 7.05. The molecular weight excluding hydrogens is 462 g/mol. The van der Waals surface area contributed by atoms with E-state index in [-0.39, 0.29) is 11.8 Å². The van der Waals surface area contributed by atoms with Gasteiger partial charge in [-0.05, 0) is 53.4 Å². The minimum Gasteiger partial charge on any atom is -0.339 e. The van der Waals surface area contributed by atoms with Crippen molar-refractivity contribution in [2.24, 2.45) is 5.10 Å². The second-order valence-electron chi connectivity index (χ2n) is 6.93. The zero-order valence-electron chi connectivity index (χ0n) is 17.4. The molecule has 2 aromatic rings. The number of hydrogen-bond donors (Lipinski definition) is 2. The summed E-state index contributed by atoms with van der Waals surface area (Å²) in [6.45, 7) is 4.01. The van der Waals surface area contributed by atoms with Crippen LogP contribution in [-0.2, 0) is 10.5 Å². The SMILES string of the molecule is CCCCC(C)=NNC(=O)[C@H](CSCc1ccccc1)NC(=O)c1ccccc1Br. The molecule has 160 valence electrons. The van der Waals surface area contributed by atoms with E-state index < -0.39 is 6.04 Å². The van der Waals surface area contributed by atoms with E-state index in [4.69, 9.17) is 0 Å². The molecule has 0 aromatic heterocycles. The first kappa shape index (κ1) is 24.2. The number of amides is 2. The van der Waals surface area contributed by atoms with Gasteiger partial charge in [-0.3, -0.25) is 9.59 Å². The molecule has 5 nitrogen and oxygen atoms in total. The number of halogens is 1. The summed E-state index contributed by atoms with van der Waals surface area (Å²) in [7, 11) is 0. The van der Waals surface area contributed by atoms with Crippen LogP contribution >= 0.6 is 27.7 Å². The molecule has 0 aliphatic rings. The van der Waals surface area contributed by atoms with Crippen LogP contribution in [0.1, 0.15) is 49.0 Å². The van der Waals surface area contributed by atoms with Crippen molar-refractivity contribution in [3.63, 3.8) is 0 Å². The summed E-state index contributed by atoms with van der Waals surface area (Å²) in [4.78, 5) is 25.5. The van der Waals surface area contributed by atoms with Gasteiger partial charge >= 0.3 is 0 Å². The second-order valence-corrected chi connectivity index (χ2v) is 8.82. The number of benzene rings is 2. The molecule has 0 aliphatic heterocycles. The molecule has 30 heavy (non-hydrogen) atoms. The normalized spacial score (nSPS) is 12.3. The van der Waals surface area contributed by atoms with Crippen molar-refractivity contribution >= 4 is 45.2 Å². The van der Waals surface area contributed by atoms with Crippen molar-refractivity contribution in [3.05, 3.63) is 70.2 Å². The first-order valence-electron chi connectivity index (χ1n) is 10.0. The van der Waals surface area contributed by atoms with Crippen molar-refractivity contribution in [2.45, 2.75) is 44.9 Å². The minimum atomic E-state index is -0.693. The van der Waals surface area contributed by atoms with E-state index in [0.717, 1.165) is 30.7 Å². The maximum absolute atomic E-state index is 12.8. The summed E-state index contributed by atoms with van der Waals surface area (Å²) < 4.78 is 0.687. The highest BCUT2D eigenvalue weighted by atomic mass is 79.9. The van der Waals surface area contributed by atoms with Crippen LogP contribution in [0.3, 0.4) is 0 Å². The molecule has 1 atom stereocenters. The lowest BCUT2D eigenvalue weighted by Gasteiger charge is -2.18. The molecule has 0 spiro atoms. The lowest BCUT2D eigenvalue weighted by atomic mass is 10.2. The number of carbonyl (C=O) groups excluding carboxylic acids is 2. The molecule has 0 unspecified atom stereocenters. The molecule has 7 heteroatoms. The van der Waals surface area contributed by atoms with Gasteiger partial charge in [-0.15, -0.1) is 0 Å². The summed E-state index contributed by atoms with van der Waals surface area (Å²) in [5.74, 6) is 0.593. The predicted molar refractivity (Wildman–Crippen MR) is 129 cm³/mol. The quantitative estimate of drug-likeness (QED) is 0.338. The van der Waals surface area contributed by atoms with Gasteiger partial charge in [0.15, 0.2) is 0 Å². The average Bonchev–Trinajstić information content (AvgIpc) is 2.76. The number of nitrogens with zero attached hydrogens (tertiary/aromatic N) is 1. The van der Waals surface area contributed by atoms with Crippen LogP contribution in [0.4, 0.5) is 0 Å². The number of rotatable bonds is 11. The van der Waals surface area contributed by atoms with E-state index in [9.17, 15) is 9.59 Å². The summed E-state index contributed by atoms with van der Waals surface area (Å²) in [6, 6.07) is 16.5. The van der Waals surface area contributed by atoms with Crippen molar-refractivity contribution < 1.29 is 9.59 Å². The van der Waals surface area contributed by atoms with Gasteiger partial charge in [-0.25, -0.2) is 5.43 Å². The first-order chi connectivity index (χ1) is 14.5. The Morgan fingerprint density at radius 3 is 2.50 bits per heavy atom. The monoisotopic (exact) mass is 489 g/mol. The van der Waals surface area contributed by atoms with E-state index in [0.29, 0.717) is 15.8 Å². The molecule has 0 saturated heterocycles. The van der Waals surface area contributed by atoms with Gasteiger partial charge in [0.2, 0.25) is 0 Å². The lowest BCUT2D eigenvalue weighted by molar-refractivity contribution is -0.122. The van der Waals surface area contributed by atoms with Crippen LogP contribution in [0.15, 0.2) is 64.2 Å². The van der Waals surface area contributed by atoms with Crippen molar-refractivity contribution in [1.29, 1.82) is 0 Å². The molecule has 0 bridgehead atoms. The Hall–Kier alpha value is -2.12. The highest BCUT2D eigenvalue weighted by Gasteiger charge is 2.22. The van der Waals surface area contributed by atoms with Crippen LogP contribution in [0.25, 0.3) is 0 Å². The minimum absolute atomic E-state index is 0.297. The van der Waals surface area contributed by atoms with E-state index >= 15 is 0 Å². The van der Waals surface area contributed by atoms with Crippen LogP contribution in [0.5, 0.6) is 0 Å². The third-order valence-corrected chi connectivity index (χ3v) is 6.18. The Bertz CT molecular complexity index is 859. The van der Waals surface area contributed by atoms with Gasteiger partial charge in [-0.1, -0.05) is 55.8 Å². The molecule has 0 saturated carbocycles. The second kappa shape index (κ2) is 13.2. The van der Waals surface area contributed by atoms with E-state index in [1.54, 1.807) is 30.0 Å². The molecule has 2 aromatic carbocycles. The Balaban J connectivity index is 2.03. The fourth-order valence-corrected chi connectivity index (χ4v) is 4.13. The molecule has 2 N–H and O–H groups in total. The molecule has 0 heterocycles. The van der Waals surface area contributed by atoms with Crippen LogP contribution in [0.2, 0.25) is 0 Å². The number of hydrazone groups is 1. The molecule has 0 aliphatic carbocycles. The maximum atomic E-state index is 12.8. The Morgan fingerprint density at radius 2 is 1.80 bits per heavy atom. The topological polar surface area (TPSA) is 70.6 Å². The van der Waals surface area contributed by atoms with Crippen LogP contribution in [-0.4, -0.2) is 29.3 Å². The van der Waals surface area contributed by atoms with Gasteiger partial charge in [0, 0.05) is 21.7 Å². The molecular formula is C23H28BrN3O2S. The Labute approximate surface area is 191 Å². The van der Waals surface area contributed by atoms with Gasteiger partial charge in [0.1, 0.15) is 6.04 Å². The molecule has 0 radical (unpaired) electrons. The lowest BCUT2D eigenvalue weighted by Crippen LogP contribution is -2.47. The number of hydrogen-bond acceptors (Lipinski definition) is 4. The van der Waals surface area contributed by atoms with Crippen molar-refractivity contribution in [3.8, 4) is 0 Å². The maximum Gasteiger partial charge on any atom is 0.263 e. The van der Waals surface area contributed by atoms with Crippen molar-refractivity contribution in [2.75, 3.05) is 5.75 Å². The largest absolute Gasteiger partial charge is 0.339 e. The Kier molecular flexibility index (Phi) is 10.7. The first-order valence-corrected chi connectivity index (χ1v) is 12.0. The third kappa shape index (κ3) is 8.32. The number of carbonyl (C=O) groups is 2. The standard InChI is InChI=1S/C23H28BrN3O2S/c1-3-4-10-17(2)26-27-23(29)21(16-30-15-18-11-6-5-7-12-18)25-22(28)19-13-8-9-14-20(19)24/h5-9,11-14,21H,3-4,10,15-16H2,1-2H3,(H,25,28)(H,27,29)/t21-/m0/s1. The average molecular weight is 490 g/mol. The third-order valence-electron chi connectivity index (χ3n) is 4.39. The zero-order valence-corrected chi connectivity index (χ0v) is 19.8. The number of thioether (sulfide) groups is 1. The highest BCUT2D eigenvalue weighted by Crippen LogP contribution is 2.17. The van der Waals surface area contributed by atoms with Gasteiger partial charge < -0.3 is 5.32 Å². The van der Waals surface area contributed by atoms with E-state index in [1.807, 2.05) is 43.3 Å². The molecule has 2 rings (SSSR count). The van der Waals surface area contributed by atoms with Gasteiger partial charge in [0.25, 0.3) is 11.8 Å². The van der Waals surface area contributed by atoms with E-state index in [1.165, 1.54) is 5.56 Å². The zero-order chi connectivity index (χ0) is 21.8. The van der Waals surface area contributed by atoms with E-state index in [2.05, 4.69) is 38.7 Å². The van der Waals surface area contributed by atoms with Crippen molar-refractivity contribution in [1.82, 2.24) is 10.7 Å². The fourth-order valence-electron chi connectivity index (χ4n) is 2.65. The Morgan fingerprint density at radius 1 is 1.10 bits per heavy atom. The summed E-state index contributed by atoms with van der Waals surface area (Å²) >= 11 is 4.99. The molecule has 0 fully saturated rings. The summed E-state index contributed by atoms with van der Waals surface area (Å²) in [5.41, 5.74) is 5.16. The van der Waals surface area contributed by atoms with Crippen LogP contribution in [0, 0.1) is 0 Å². The highest BCUT2D eigenvalue weighted by molar-refractivity contribution is 9.10. The smallest absolute Gasteiger partial charge is 0.263 e. The number of unbranched alkanes of at least 4 members (excludes halogenated alkanes) is 1. The van der Waals surface area contributed by atoms with Gasteiger partial charge in [0.05, 0.1) is 5.56 Å². The van der Waals surface area contributed by atoms with Gasteiger partial charge in [-0.2, -0.15) is 16.9 Å².